The molecule has 1 aromatic heterocycles. The zero-order valence-electron chi connectivity index (χ0n) is 15.5. The van der Waals surface area contributed by atoms with E-state index in [2.05, 4.69) is 31.7 Å². The van der Waals surface area contributed by atoms with Crippen LogP contribution in [0.25, 0.3) is 0 Å². The Morgan fingerprint density at radius 2 is 2.00 bits per heavy atom. The number of benzene rings is 1. The van der Waals surface area contributed by atoms with Gasteiger partial charge >= 0.3 is 6.18 Å². The molecule has 6 nitrogen and oxygen atoms in total. The minimum absolute atomic E-state index is 0.0308. The molecular formula is C17H20BrF3N4O2S. The van der Waals surface area contributed by atoms with Crippen LogP contribution in [0.15, 0.2) is 22.7 Å². The second-order valence-corrected chi connectivity index (χ2v) is 6.97. The van der Waals surface area contributed by atoms with Crippen molar-refractivity contribution in [3.05, 3.63) is 34.1 Å². The van der Waals surface area contributed by atoms with E-state index in [1.807, 2.05) is 0 Å². The topological polar surface area (TPSA) is 60.3 Å². The fourth-order valence-electron chi connectivity index (χ4n) is 2.42. The van der Waals surface area contributed by atoms with Crippen molar-refractivity contribution in [1.29, 1.82) is 0 Å². The van der Waals surface area contributed by atoms with Crippen LogP contribution < -0.4 is 20.1 Å². The molecule has 0 fully saturated rings. The summed E-state index contributed by atoms with van der Waals surface area (Å²) in [6.45, 7) is 2.37. The standard InChI is InChI=1S/C17H20BrF3N4O2S/c1-10-14(18)15(17(19,20)21)24-25(10)8-4-7-22-16(28)23-12-6-5-11(26-2)9-13(12)27-3/h5-6,9H,4,7-8H2,1-3H3,(H2,22,23,28). The maximum atomic E-state index is 12.9. The van der Waals surface area contributed by atoms with Crippen LogP contribution in [0.5, 0.6) is 11.5 Å². The number of hydrogen-bond donors (Lipinski definition) is 2. The van der Waals surface area contributed by atoms with E-state index in [9.17, 15) is 13.2 Å². The smallest absolute Gasteiger partial charge is 0.436 e. The fraction of sp³-hybridized carbons (Fsp3) is 0.412. The molecule has 154 valence electrons. The second-order valence-electron chi connectivity index (χ2n) is 5.77. The van der Waals surface area contributed by atoms with Crippen LogP contribution >= 0.6 is 28.1 Å². The number of hydrogen-bond acceptors (Lipinski definition) is 4. The lowest BCUT2D eigenvalue weighted by Gasteiger charge is -2.14. The molecule has 0 aliphatic heterocycles. The van der Waals surface area contributed by atoms with Crippen molar-refractivity contribution in [3.8, 4) is 11.5 Å². The zero-order chi connectivity index (χ0) is 20.9. The predicted molar refractivity (Wildman–Crippen MR) is 108 cm³/mol. The highest BCUT2D eigenvalue weighted by atomic mass is 79.9. The van der Waals surface area contributed by atoms with Crippen molar-refractivity contribution >= 4 is 38.9 Å². The molecule has 0 spiro atoms. The first-order valence-corrected chi connectivity index (χ1v) is 9.44. The lowest BCUT2D eigenvalue weighted by atomic mass is 10.2. The molecule has 0 amide bonds. The van der Waals surface area contributed by atoms with Crippen molar-refractivity contribution in [2.75, 3.05) is 26.1 Å². The molecule has 2 N–H and O–H groups in total. The maximum Gasteiger partial charge on any atom is 0.436 e. The number of anilines is 1. The molecule has 0 saturated heterocycles. The van der Waals surface area contributed by atoms with Gasteiger partial charge in [0.25, 0.3) is 0 Å². The molecule has 28 heavy (non-hydrogen) atoms. The lowest BCUT2D eigenvalue weighted by molar-refractivity contribution is -0.142. The van der Waals surface area contributed by atoms with E-state index in [0.29, 0.717) is 47.5 Å². The molecule has 0 aliphatic rings. The summed E-state index contributed by atoms with van der Waals surface area (Å²) in [5.41, 5.74) is 0.181. The molecule has 11 heteroatoms. The lowest BCUT2D eigenvalue weighted by Crippen LogP contribution is -2.30. The predicted octanol–water partition coefficient (Wildman–Crippen LogP) is 4.37. The summed E-state index contributed by atoms with van der Waals surface area (Å²) in [6.07, 6.45) is -3.95. The van der Waals surface area contributed by atoms with Gasteiger partial charge in [-0.3, -0.25) is 4.68 Å². The van der Waals surface area contributed by atoms with Crippen LogP contribution in [0.2, 0.25) is 0 Å². The van der Waals surface area contributed by atoms with Gasteiger partial charge < -0.3 is 20.1 Å². The van der Waals surface area contributed by atoms with Gasteiger partial charge in [-0.2, -0.15) is 18.3 Å². The number of ether oxygens (including phenoxy) is 2. The SMILES string of the molecule is COc1ccc(NC(=S)NCCCn2nc(C(F)(F)F)c(Br)c2C)c(OC)c1. The van der Waals surface area contributed by atoms with E-state index in [0.717, 1.165) is 0 Å². The van der Waals surface area contributed by atoms with Crippen molar-refractivity contribution in [1.82, 2.24) is 15.1 Å². The maximum absolute atomic E-state index is 12.9. The Balaban J connectivity index is 1.87. The minimum atomic E-state index is -4.49. The number of halogens is 4. The molecule has 2 rings (SSSR count). The summed E-state index contributed by atoms with van der Waals surface area (Å²) in [5, 5.41) is 10.0. The molecule has 0 radical (unpaired) electrons. The minimum Gasteiger partial charge on any atom is -0.497 e. The summed E-state index contributed by atoms with van der Waals surface area (Å²) < 4.78 is 50.4. The van der Waals surface area contributed by atoms with Gasteiger partial charge in [0.2, 0.25) is 0 Å². The molecular weight excluding hydrogens is 461 g/mol. The quantitative estimate of drug-likeness (QED) is 0.453. The third-order valence-electron chi connectivity index (χ3n) is 3.89. The summed E-state index contributed by atoms with van der Waals surface area (Å²) in [7, 11) is 3.10. The average molecular weight is 481 g/mol. The van der Waals surface area contributed by atoms with E-state index in [4.69, 9.17) is 21.7 Å². The van der Waals surface area contributed by atoms with Gasteiger partial charge in [-0.15, -0.1) is 0 Å². The number of aromatic nitrogens is 2. The number of nitrogens with one attached hydrogen (secondary N) is 2. The molecule has 1 aromatic carbocycles. The summed E-state index contributed by atoms with van der Waals surface area (Å²) >= 11 is 8.21. The number of alkyl halides is 3. The van der Waals surface area contributed by atoms with E-state index >= 15 is 0 Å². The number of aryl methyl sites for hydroxylation is 1. The zero-order valence-corrected chi connectivity index (χ0v) is 17.9. The molecule has 0 saturated carbocycles. The van der Waals surface area contributed by atoms with E-state index in [-0.39, 0.29) is 4.47 Å². The molecule has 0 bridgehead atoms. The molecule has 1 heterocycles. The van der Waals surface area contributed by atoms with Crippen molar-refractivity contribution in [2.45, 2.75) is 26.1 Å². The first-order chi connectivity index (χ1) is 13.2. The van der Waals surface area contributed by atoms with E-state index < -0.39 is 11.9 Å². The van der Waals surface area contributed by atoms with Crippen LogP contribution in [0.4, 0.5) is 18.9 Å². The molecule has 2 aromatic rings. The van der Waals surface area contributed by atoms with Crippen LogP contribution in [-0.4, -0.2) is 35.7 Å². The fourth-order valence-corrected chi connectivity index (χ4v) is 3.14. The number of thiocarbonyl (C=S) groups is 1. The molecule has 0 atom stereocenters. The first-order valence-electron chi connectivity index (χ1n) is 8.24. The van der Waals surface area contributed by atoms with Crippen molar-refractivity contribution in [2.24, 2.45) is 0 Å². The van der Waals surface area contributed by atoms with Crippen LogP contribution in [-0.2, 0) is 12.7 Å². The monoisotopic (exact) mass is 480 g/mol. The Morgan fingerprint density at radius 1 is 1.29 bits per heavy atom. The normalized spacial score (nSPS) is 11.2. The van der Waals surface area contributed by atoms with Gasteiger partial charge in [0.15, 0.2) is 10.8 Å². The third-order valence-corrected chi connectivity index (χ3v) is 5.09. The Kier molecular flexibility index (Phi) is 7.53. The highest BCUT2D eigenvalue weighted by Crippen LogP contribution is 2.35. The molecule has 0 unspecified atom stereocenters. The Morgan fingerprint density at radius 3 is 2.57 bits per heavy atom. The highest BCUT2D eigenvalue weighted by Gasteiger charge is 2.37. The summed E-state index contributed by atoms with van der Waals surface area (Å²) in [6, 6.07) is 5.26. The Hall–Kier alpha value is -2.01. The number of nitrogens with zero attached hydrogens (tertiary/aromatic N) is 2. The van der Waals surface area contributed by atoms with Gasteiger partial charge in [-0.25, -0.2) is 0 Å². The Bertz CT molecular complexity index is 843. The number of rotatable bonds is 7. The van der Waals surface area contributed by atoms with Gasteiger partial charge in [0.1, 0.15) is 11.5 Å². The van der Waals surface area contributed by atoms with Crippen LogP contribution in [0.1, 0.15) is 17.8 Å². The summed E-state index contributed by atoms with van der Waals surface area (Å²) in [4.78, 5) is 0. The van der Waals surface area contributed by atoms with Crippen molar-refractivity contribution in [3.63, 3.8) is 0 Å². The van der Waals surface area contributed by atoms with Gasteiger partial charge in [-0.1, -0.05) is 0 Å². The van der Waals surface area contributed by atoms with Gasteiger partial charge in [0, 0.05) is 19.2 Å². The number of methoxy groups -OCH3 is 2. The van der Waals surface area contributed by atoms with Gasteiger partial charge in [0.05, 0.1) is 30.1 Å². The largest absolute Gasteiger partial charge is 0.497 e. The second kappa shape index (κ2) is 9.46. The average Bonchev–Trinajstić information content (AvgIpc) is 2.94. The third kappa shape index (κ3) is 5.51. The van der Waals surface area contributed by atoms with Crippen molar-refractivity contribution < 1.29 is 22.6 Å². The van der Waals surface area contributed by atoms with Crippen LogP contribution in [0.3, 0.4) is 0 Å². The van der Waals surface area contributed by atoms with Crippen LogP contribution in [0, 0.1) is 6.92 Å². The Labute approximate surface area is 174 Å². The van der Waals surface area contributed by atoms with E-state index in [1.54, 1.807) is 32.2 Å². The van der Waals surface area contributed by atoms with Gasteiger partial charge in [-0.05, 0) is 53.6 Å². The molecule has 0 aliphatic carbocycles. The first kappa shape index (κ1) is 22.3. The summed E-state index contributed by atoms with van der Waals surface area (Å²) in [5.74, 6) is 1.22. The van der Waals surface area contributed by atoms with E-state index in [1.165, 1.54) is 11.8 Å². The highest BCUT2D eigenvalue weighted by molar-refractivity contribution is 9.10.